The first-order chi connectivity index (χ1) is 11.5. The predicted molar refractivity (Wildman–Crippen MR) is 108 cm³/mol. The largest absolute Gasteiger partial charge is 0.322 e. The van der Waals surface area contributed by atoms with Crippen molar-refractivity contribution in [2.75, 3.05) is 33.2 Å². The highest BCUT2D eigenvalue weighted by Crippen LogP contribution is 2.40. The molecule has 0 atom stereocenters. The van der Waals surface area contributed by atoms with Crippen LogP contribution in [0.4, 0.5) is 4.39 Å². The molecule has 2 aromatic rings. The highest BCUT2D eigenvalue weighted by Gasteiger charge is 2.39. The zero-order chi connectivity index (χ0) is 16.7. The van der Waals surface area contributed by atoms with E-state index < -0.39 is 0 Å². The number of aromatic nitrogens is 1. The number of aromatic amines is 1. The lowest BCUT2D eigenvalue weighted by Gasteiger charge is -2.37. The summed E-state index contributed by atoms with van der Waals surface area (Å²) in [5.74, 6) is -0.324. The molecule has 26 heavy (non-hydrogen) atoms. The lowest BCUT2D eigenvalue weighted by molar-refractivity contribution is 0.124. The van der Waals surface area contributed by atoms with Crippen LogP contribution in [0, 0.1) is 11.2 Å². The number of fused-ring (bicyclic) bond motifs is 1. The summed E-state index contributed by atoms with van der Waals surface area (Å²) < 4.78 is 13.3. The number of piperidine rings is 1. The Labute approximate surface area is 165 Å². The standard InChI is InChI=1S/C19H24FN3O.2ClH/c1-22-7-4-19(5-8-22)6-9-23(13-19)12-15-10-14-2-3-16(20)11-17(14)21-18(15)24;;/h2-3,10-11H,4-9,12-13H2,1H3,(H,21,24);2*1H. The molecule has 1 aromatic heterocycles. The number of likely N-dealkylation sites (tertiary alicyclic amines) is 2. The summed E-state index contributed by atoms with van der Waals surface area (Å²) in [6, 6.07) is 6.46. The van der Waals surface area contributed by atoms with Gasteiger partial charge in [-0.25, -0.2) is 4.39 Å². The van der Waals surface area contributed by atoms with E-state index in [-0.39, 0.29) is 36.2 Å². The minimum absolute atomic E-state index is 0. The zero-order valence-electron chi connectivity index (χ0n) is 15.0. The molecule has 2 saturated heterocycles. The lowest BCUT2D eigenvalue weighted by Crippen LogP contribution is -2.39. The van der Waals surface area contributed by atoms with Crippen molar-refractivity contribution in [2.24, 2.45) is 5.41 Å². The van der Waals surface area contributed by atoms with Crippen LogP contribution in [0.1, 0.15) is 24.8 Å². The molecule has 2 aliphatic rings. The van der Waals surface area contributed by atoms with Crippen molar-refractivity contribution < 1.29 is 4.39 Å². The van der Waals surface area contributed by atoms with Crippen molar-refractivity contribution in [2.45, 2.75) is 25.8 Å². The van der Waals surface area contributed by atoms with Crippen molar-refractivity contribution >= 4 is 35.7 Å². The summed E-state index contributed by atoms with van der Waals surface area (Å²) in [5.41, 5.74) is 1.69. The first kappa shape index (κ1) is 21.2. The molecule has 0 amide bonds. The maximum atomic E-state index is 13.3. The minimum atomic E-state index is -0.324. The van der Waals surface area contributed by atoms with E-state index in [4.69, 9.17) is 0 Å². The molecule has 0 saturated carbocycles. The third-order valence-electron chi connectivity index (χ3n) is 5.84. The Bertz CT molecular complexity index is 818. The van der Waals surface area contributed by atoms with Gasteiger partial charge in [0.25, 0.3) is 5.56 Å². The molecule has 3 heterocycles. The smallest absolute Gasteiger partial charge is 0.252 e. The van der Waals surface area contributed by atoms with Gasteiger partial charge in [-0.05, 0) is 81.0 Å². The molecule has 4 rings (SSSR count). The fraction of sp³-hybridized carbons (Fsp3) is 0.526. The topological polar surface area (TPSA) is 39.3 Å². The molecule has 0 bridgehead atoms. The SMILES string of the molecule is CN1CCC2(CC1)CCN(Cc1cc3ccc(F)cc3[nH]c1=O)C2.Cl.Cl. The van der Waals surface area contributed by atoms with Gasteiger partial charge in [0, 0.05) is 18.7 Å². The van der Waals surface area contributed by atoms with Crippen molar-refractivity contribution in [3.63, 3.8) is 0 Å². The van der Waals surface area contributed by atoms with E-state index in [0.717, 1.165) is 24.0 Å². The Morgan fingerprint density at radius 3 is 2.54 bits per heavy atom. The second-order valence-corrected chi connectivity index (χ2v) is 7.62. The second kappa shape index (κ2) is 8.26. The number of H-pyrrole nitrogens is 1. The van der Waals surface area contributed by atoms with Gasteiger partial charge in [0.05, 0.1) is 5.52 Å². The van der Waals surface area contributed by atoms with Gasteiger partial charge in [0.2, 0.25) is 0 Å². The van der Waals surface area contributed by atoms with E-state index in [1.807, 2.05) is 6.07 Å². The first-order valence-electron chi connectivity index (χ1n) is 8.75. The summed E-state index contributed by atoms with van der Waals surface area (Å²) >= 11 is 0. The number of rotatable bonds is 2. The minimum Gasteiger partial charge on any atom is -0.322 e. The molecule has 0 unspecified atom stereocenters. The molecule has 1 spiro atoms. The van der Waals surface area contributed by atoms with E-state index in [1.54, 1.807) is 6.07 Å². The Morgan fingerprint density at radius 1 is 1.12 bits per heavy atom. The van der Waals surface area contributed by atoms with Crippen LogP contribution in [0.15, 0.2) is 29.1 Å². The number of nitrogens with zero attached hydrogens (tertiary/aromatic N) is 2. The summed E-state index contributed by atoms with van der Waals surface area (Å²) in [6.45, 7) is 5.18. The summed E-state index contributed by atoms with van der Waals surface area (Å²) in [4.78, 5) is 20.0. The number of hydrogen-bond acceptors (Lipinski definition) is 3. The molecule has 0 aliphatic carbocycles. The molecule has 144 valence electrons. The normalized spacial score (nSPS) is 20.1. The molecular weight excluding hydrogens is 376 g/mol. The quantitative estimate of drug-likeness (QED) is 0.837. The summed E-state index contributed by atoms with van der Waals surface area (Å²) in [7, 11) is 2.19. The Hall–Kier alpha value is -1.14. The second-order valence-electron chi connectivity index (χ2n) is 7.62. The van der Waals surface area contributed by atoms with E-state index in [9.17, 15) is 9.18 Å². The van der Waals surface area contributed by atoms with Gasteiger partial charge in [-0.1, -0.05) is 0 Å². The molecule has 0 radical (unpaired) electrons. The van der Waals surface area contributed by atoms with Crippen LogP contribution in [0.2, 0.25) is 0 Å². The van der Waals surface area contributed by atoms with Crippen LogP contribution in [0.5, 0.6) is 0 Å². The van der Waals surface area contributed by atoms with E-state index >= 15 is 0 Å². The Morgan fingerprint density at radius 2 is 1.81 bits per heavy atom. The fourth-order valence-electron chi connectivity index (χ4n) is 4.24. The molecule has 2 fully saturated rings. The van der Waals surface area contributed by atoms with Gasteiger partial charge < -0.3 is 9.88 Å². The lowest BCUT2D eigenvalue weighted by atomic mass is 9.78. The van der Waals surface area contributed by atoms with Gasteiger partial charge in [-0.15, -0.1) is 24.8 Å². The number of benzene rings is 1. The monoisotopic (exact) mass is 401 g/mol. The van der Waals surface area contributed by atoms with Crippen LogP contribution in [-0.2, 0) is 6.54 Å². The Balaban J connectivity index is 0.00000121. The summed E-state index contributed by atoms with van der Waals surface area (Å²) in [5, 5.41) is 0.888. The zero-order valence-corrected chi connectivity index (χ0v) is 16.6. The van der Waals surface area contributed by atoms with Crippen LogP contribution in [0.3, 0.4) is 0 Å². The average molecular weight is 402 g/mol. The van der Waals surface area contributed by atoms with Gasteiger partial charge in [0.15, 0.2) is 0 Å². The van der Waals surface area contributed by atoms with E-state index in [2.05, 4.69) is 21.8 Å². The van der Waals surface area contributed by atoms with Crippen LogP contribution >= 0.6 is 24.8 Å². The first-order valence-corrected chi connectivity index (χ1v) is 8.75. The molecule has 1 aromatic carbocycles. The fourth-order valence-corrected chi connectivity index (χ4v) is 4.24. The number of halogens is 3. The maximum Gasteiger partial charge on any atom is 0.252 e. The third kappa shape index (κ3) is 4.22. The predicted octanol–water partition coefficient (Wildman–Crippen LogP) is 3.43. The van der Waals surface area contributed by atoms with Crippen molar-refractivity contribution in [1.29, 1.82) is 0 Å². The van der Waals surface area contributed by atoms with Gasteiger partial charge in [0.1, 0.15) is 5.82 Å². The van der Waals surface area contributed by atoms with Gasteiger partial charge in [-0.2, -0.15) is 0 Å². The van der Waals surface area contributed by atoms with Gasteiger partial charge >= 0.3 is 0 Å². The number of hydrogen-bond donors (Lipinski definition) is 1. The van der Waals surface area contributed by atoms with Crippen molar-refractivity contribution in [1.82, 2.24) is 14.8 Å². The van der Waals surface area contributed by atoms with E-state index in [0.29, 0.717) is 17.5 Å². The third-order valence-corrected chi connectivity index (χ3v) is 5.84. The highest BCUT2D eigenvalue weighted by atomic mass is 35.5. The van der Waals surface area contributed by atoms with Crippen molar-refractivity contribution in [3.05, 3.63) is 46.0 Å². The van der Waals surface area contributed by atoms with Gasteiger partial charge in [-0.3, -0.25) is 9.69 Å². The average Bonchev–Trinajstić information content (AvgIpc) is 2.94. The van der Waals surface area contributed by atoms with Crippen molar-refractivity contribution in [3.8, 4) is 0 Å². The molecular formula is C19H26Cl2FN3O. The molecule has 4 nitrogen and oxygen atoms in total. The van der Waals surface area contributed by atoms with E-state index in [1.165, 1.54) is 44.5 Å². The highest BCUT2D eigenvalue weighted by molar-refractivity contribution is 5.85. The number of nitrogens with one attached hydrogen (secondary N) is 1. The number of pyridine rings is 1. The molecule has 7 heteroatoms. The van der Waals surface area contributed by atoms with Crippen LogP contribution < -0.4 is 5.56 Å². The molecule has 2 aliphatic heterocycles. The maximum absolute atomic E-state index is 13.3. The van der Waals surface area contributed by atoms with Crippen LogP contribution in [0.25, 0.3) is 10.9 Å². The molecule has 1 N–H and O–H groups in total. The Kier molecular flexibility index (Phi) is 6.72. The van der Waals surface area contributed by atoms with Crippen LogP contribution in [-0.4, -0.2) is 48.0 Å². The summed E-state index contributed by atoms with van der Waals surface area (Å²) in [6.07, 6.45) is 3.75.